The summed E-state index contributed by atoms with van der Waals surface area (Å²) >= 11 is 0. The first-order valence-electron chi connectivity index (χ1n) is 13.4. The highest BCUT2D eigenvalue weighted by atomic mass is 16.5. The predicted octanol–water partition coefficient (Wildman–Crippen LogP) is 4.64. The minimum absolute atomic E-state index is 0.00634. The largest absolute Gasteiger partial charge is 0.480 e. The number of rotatable bonds is 10. The van der Waals surface area contributed by atoms with Crippen molar-refractivity contribution < 1.29 is 33.8 Å². The van der Waals surface area contributed by atoms with E-state index in [9.17, 15) is 24.3 Å². The number of carboxylic acids is 1. The number of benzene rings is 3. The van der Waals surface area contributed by atoms with Crippen LogP contribution in [0.5, 0.6) is 0 Å². The summed E-state index contributed by atoms with van der Waals surface area (Å²) in [5.74, 6) is -3.01. The third kappa shape index (κ3) is 7.30. The molecule has 1 aliphatic rings. The maximum absolute atomic E-state index is 13.2. The molecule has 0 aromatic heterocycles. The molecule has 0 fully saturated rings. The number of amides is 2. The number of ether oxygens (including phenoxy) is 2. The van der Waals surface area contributed by atoms with Gasteiger partial charge < -0.3 is 25.2 Å². The van der Waals surface area contributed by atoms with Crippen LogP contribution >= 0.6 is 0 Å². The molecule has 0 aliphatic heterocycles. The first-order valence-corrected chi connectivity index (χ1v) is 13.4. The molecule has 0 saturated carbocycles. The van der Waals surface area contributed by atoms with E-state index in [0.29, 0.717) is 0 Å². The fourth-order valence-electron chi connectivity index (χ4n) is 4.85. The summed E-state index contributed by atoms with van der Waals surface area (Å²) in [5, 5.41) is 14.6. The number of esters is 1. The Morgan fingerprint density at radius 2 is 1.37 bits per heavy atom. The van der Waals surface area contributed by atoms with Gasteiger partial charge in [0.1, 0.15) is 25.3 Å². The molecule has 0 bridgehead atoms. The molecule has 0 spiro atoms. The molecular formula is C32H34N2O7. The van der Waals surface area contributed by atoms with E-state index in [4.69, 9.17) is 9.47 Å². The van der Waals surface area contributed by atoms with Gasteiger partial charge in [0, 0.05) is 5.92 Å². The van der Waals surface area contributed by atoms with E-state index in [2.05, 4.69) is 10.6 Å². The number of hydrogen-bond donors (Lipinski definition) is 3. The van der Waals surface area contributed by atoms with Gasteiger partial charge >= 0.3 is 18.0 Å². The molecule has 214 valence electrons. The van der Waals surface area contributed by atoms with E-state index in [1.807, 2.05) is 54.6 Å². The van der Waals surface area contributed by atoms with Crippen LogP contribution in [0.25, 0.3) is 11.1 Å². The number of fused-ring (bicyclic) bond motifs is 3. The Morgan fingerprint density at radius 1 is 0.805 bits per heavy atom. The lowest BCUT2D eigenvalue weighted by atomic mass is 9.86. The zero-order valence-corrected chi connectivity index (χ0v) is 23.3. The van der Waals surface area contributed by atoms with Crippen molar-refractivity contribution in [3.05, 3.63) is 95.6 Å². The summed E-state index contributed by atoms with van der Waals surface area (Å²) in [5.41, 5.74) is 4.10. The molecule has 3 aromatic carbocycles. The van der Waals surface area contributed by atoms with Gasteiger partial charge in [0.25, 0.3) is 0 Å². The van der Waals surface area contributed by atoms with Crippen LogP contribution in [-0.2, 0) is 30.5 Å². The lowest BCUT2D eigenvalue weighted by molar-refractivity contribution is -0.148. The smallest absolute Gasteiger partial charge is 0.407 e. The number of aliphatic carboxylic acids is 1. The number of alkyl carbamates (subject to hydrolysis) is 1. The Balaban J connectivity index is 1.45. The first kappa shape index (κ1) is 29.3. The fourth-order valence-corrected chi connectivity index (χ4v) is 4.85. The molecule has 9 nitrogen and oxygen atoms in total. The highest BCUT2D eigenvalue weighted by Crippen LogP contribution is 2.44. The molecule has 1 aliphatic carbocycles. The molecular weight excluding hydrogens is 524 g/mol. The van der Waals surface area contributed by atoms with Crippen LogP contribution < -0.4 is 10.6 Å². The van der Waals surface area contributed by atoms with E-state index in [0.717, 1.165) is 27.8 Å². The van der Waals surface area contributed by atoms with Crippen molar-refractivity contribution in [1.29, 1.82) is 0 Å². The van der Waals surface area contributed by atoms with Crippen LogP contribution in [0.3, 0.4) is 0 Å². The highest BCUT2D eigenvalue weighted by Gasteiger charge is 2.36. The standard InChI is InChI=1S/C32H34N2O7/c1-32(2,3)28(30(37)38)34-29(36)26(17-27(35)40-18-20-11-5-4-6-12-20)33-31(39)41-19-25-23-15-9-7-13-21(23)22-14-8-10-16-24(22)25/h4-16,25-26,28H,17-19H2,1-3H3,(H,33,39)(H,34,36)(H,37,38)/t26-,28-/m0/s1. The zero-order chi connectivity index (χ0) is 29.6. The predicted molar refractivity (Wildman–Crippen MR) is 152 cm³/mol. The lowest BCUT2D eigenvalue weighted by Gasteiger charge is -2.29. The maximum Gasteiger partial charge on any atom is 0.407 e. The molecule has 3 aromatic rings. The second kappa shape index (κ2) is 12.7. The number of carboxylic acid groups (broad SMARTS) is 1. The molecule has 3 N–H and O–H groups in total. The van der Waals surface area contributed by atoms with Crippen LogP contribution in [0.1, 0.15) is 49.8 Å². The minimum atomic E-state index is -1.42. The normalized spacial score (nSPS) is 13.7. The number of nitrogens with one attached hydrogen (secondary N) is 2. The third-order valence-corrected chi connectivity index (χ3v) is 6.97. The monoisotopic (exact) mass is 558 g/mol. The van der Waals surface area contributed by atoms with Gasteiger partial charge in [-0.2, -0.15) is 0 Å². The molecule has 4 rings (SSSR count). The Hall–Kier alpha value is -4.66. The molecule has 2 amide bonds. The third-order valence-electron chi connectivity index (χ3n) is 6.97. The van der Waals surface area contributed by atoms with Gasteiger partial charge in [-0.3, -0.25) is 9.59 Å². The van der Waals surface area contributed by atoms with Crippen molar-refractivity contribution >= 4 is 23.9 Å². The van der Waals surface area contributed by atoms with Crippen molar-refractivity contribution in [2.24, 2.45) is 5.41 Å². The quantitative estimate of drug-likeness (QED) is 0.309. The average molecular weight is 559 g/mol. The Labute approximate surface area is 238 Å². The molecule has 41 heavy (non-hydrogen) atoms. The van der Waals surface area contributed by atoms with E-state index in [1.54, 1.807) is 45.0 Å². The fraction of sp³-hybridized carbons (Fsp3) is 0.312. The van der Waals surface area contributed by atoms with Crippen molar-refractivity contribution in [2.45, 2.75) is 51.8 Å². The van der Waals surface area contributed by atoms with Gasteiger partial charge in [-0.1, -0.05) is 99.6 Å². The molecule has 0 saturated heterocycles. The topological polar surface area (TPSA) is 131 Å². The van der Waals surface area contributed by atoms with Crippen LogP contribution in [0.15, 0.2) is 78.9 Å². The molecule has 9 heteroatoms. The number of carbonyl (C=O) groups is 4. The molecule has 0 heterocycles. The summed E-state index contributed by atoms with van der Waals surface area (Å²) in [7, 11) is 0. The minimum Gasteiger partial charge on any atom is -0.480 e. The van der Waals surface area contributed by atoms with Crippen LogP contribution in [0.4, 0.5) is 4.79 Å². The Morgan fingerprint density at radius 3 is 1.93 bits per heavy atom. The first-order chi connectivity index (χ1) is 19.5. The van der Waals surface area contributed by atoms with E-state index in [1.165, 1.54) is 0 Å². The number of hydrogen-bond acceptors (Lipinski definition) is 6. The maximum atomic E-state index is 13.2. The van der Waals surface area contributed by atoms with Crippen LogP contribution in [0.2, 0.25) is 0 Å². The summed E-state index contributed by atoms with van der Waals surface area (Å²) in [6, 6.07) is 22.1. The summed E-state index contributed by atoms with van der Waals surface area (Å²) in [4.78, 5) is 50.6. The average Bonchev–Trinajstić information content (AvgIpc) is 3.26. The van der Waals surface area contributed by atoms with Crippen molar-refractivity contribution in [1.82, 2.24) is 10.6 Å². The van der Waals surface area contributed by atoms with Crippen LogP contribution in [-0.4, -0.2) is 47.7 Å². The summed E-state index contributed by atoms with van der Waals surface area (Å²) in [6.07, 6.45) is -1.43. The number of carbonyl (C=O) groups excluding carboxylic acids is 3. The van der Waals surface area contributed by atoms with Crippen LogP contribution in [0, 0.1) is 5.41 Å². The Bertz CT molecular complexity index is 1370. The Kier molecular flexibility index (Phi) is 9.07. The molecule has 2 atom stereocenters. The second-order valence-electron chi connectivity index (χ2n) is 11.0. The molecule has 0 unspecified atom stereocenters. The van der Waals surface area contributed by atoms with Gasteiger partial charge in [0.05, 0.1) is 6.42 Å². The van der Waals surface area contributed by atoms with Gasteiger partial charge in [-0.05, 0) is 33.2 Å². The second-order valence-corrected chi connectivity index (χ2v) is 11.0. The lowest BCUT2D eigenvalue weighted by Crippen LogP contribution is -2.56. The van der Waals surface area contributed by atoms with Gasteiger partial charge in [-0.25, -0.2) is 9.59 Å². The van der Waals surface area contributed by atoms with E-state index in [-0.39, 0.29) is 19.1 Å². The highest BCUT2D eigenvalue weighted by molar-refractivity contribution is 5.92. The van der Waals surface area contributed by atoms with Gasteiger partial charge in [0.15, 0.2) is 0 Å². The zero-order valence-electron chi connectivity index (χ0n) is 23.3. The van der Waals surface area contributed by atoms with E-state index >= 15 is 0 Å². The van der Waals surface area contributed by atoms with Crippen molar-refractivity contribution in [3.63, 3.8) is 0 Å². The van der Waals surface area contributed by atoms with E-state index < -0.39 is 47.9 Å². The van der Waals surface area contributed by atoms with Gasteiger partial charge in [0.2, 0.25) is 5.91 Å². The van der Waals surface area contributed by atoms with Crippen molar-refractivity contribution in [2.75, 3.05) is 6.61 Å². The van der Waals surface area contributed by atoms with Gasteiger partial charge in [-0.15, -0.1) is 0 Å². The molecule has 0 radical (unpaired) electrons. The SMILES string of the molecule is CC(C)(C)[C@@H](NC(=O)[C@H](CC(=O)OCc1ccccc1)NC(=O)OCC1c2ccccc2-c2ccccc21)C(=O)O. The summed E-state index contributed by atoms with van der Waals surface area (Å²) < 4.78 is 10.9. The van der Waals surface area contributed by atoms with Crippen molar-refractivity contribution in [3.8, 4) is 11.1 Å². The summed E-state index contributed by atoms with van der Waals surface area (Å²) in [6.45, 7) is 4.97.